The summed E-state index contributed by atoms with van der Waals surface area (Å²) in [6, 6.07) is 7.30. The van der Waals surface area contributed by atoms with Gasteiger partial charge in [-0.2, -0.15) is 0 Å². The highest BCUT2D eigenvalue weighted by molar-refractivity contribution is 7.89. The van der Waals surface area contributed by atoms with Gasteiger partial charge in [0.1, 0.15) is 0 Å². The molecule has 7 nitrogen and oxygen atoms in total. The third-order valence-corrected chi connectivity index (χ3v) is 7.66. The molecule has 0 bridgehead atoms. The maximum absolute atomic E-state index is 12.2. The molecule has 2 heterocycles. The monoisotopic (exact) mass is 422 g/mol. The van der Waals surface area contributed by atoms with E-state index in [9.17, 15) is 13.2 Å². The van der Waals surface area contributed by atoms with Crippen LogP contribution in [0.25, 0.3) is 0 Å². The average Bonchev–Trinajstić information content (AvgIpc) is 3.08. The van der Waals surface area contributed by atoms with Crippen molar-refractivity contribution < 1.29 is 13.2 Å². The van der Waals surface area contributed by atoms with E-state index in [0.29, 0.717) is 15.9 Å². The normalized spacial score (nSPS) is 16.4. The van der Waals surface area contributed by atoms with Gasteiger partial charge in [0.15, 0.2) is 5.13 Å². The Labute approximate surface area is 170 Å². The molecular formula is C19H26N4O3S2. The van der Waals surface area contributed by atoms with Gasteiger partial charge in [0.25, 0.3) is 0 Å². The minimum Gasteiger partial charge on any atom is -0.302 e. The van der Waals surface area contributed by atoms with E-state index in [4.69, 9.17) is 0 Å². The summed E-state index contributed by atoms with van der Waals surface area (Å²) in [7, 11) is -0.294. The lowest BCUT2D eigenvalue weighted by Gasteiger charge is -2.31. The predicted molar refractivity (Wildman–Crippen MR) is 111 cm³/mol. The molecule has 2 aromatic rings. The summed E-state index contributed by atoms with van der Waals surface area (Å²) in [5, 5.41) is 3.36. The van der Waals surface area contributed by atoms with Gasteiger partial charge in [-0.15, -0.1) is 11.3 Å². The van der Waals surface area contributed by atoms with Crippen LogP contribution < -0.4 is 5.32 Å². The number of likely N-dealkylation sites (tertiary alicyclic amines) is 1. The number of rotatable bonds is 6. The van der Waals surface area contributed by atoms with Crippen molar-refractivity contribution in [3.8, 4) is 0 Å². The Hall–Kier alpha value is -1.81. The summed E-state index contributed by atoms with van der Waals surface area (Å²) in [6.45, 7) is 4.28. The molecule has 1 N–H and O–H groups in total. The van der Waals surface area contributed by atoms with E-state index in [-0.39, 0.29) is 5.91 Å². The third kappa shape index (κ3) is 4.96. The standard InChI is InChI=1S/C19H26N4O3S2/c1-14(24)21-19-20-12-17(27-19)13-23-10-8-16(9-11-23)15-4-6-18(7-5-15)28(25,26)22(2)3/h4-7,12,16H,8-11,13H2,1-3H3,(H,20,21,24). The van der Waals surface area contributed by atoms with Gasteiger partial charge < -0.3 is 5.32 Å². The predicted octanol–water partition coefficient (Wildman–Crippen LogP) is 2.73. The van der Waals surface area contributed by atoms with E-state index in [2.05, 4.69) is 15.2 Å². The van der Waals surface area contributed by atoms with Crippen molar-refractivity contribution in [1.82, 2.24) is 14.2 Å². The van der Waals surface area contributed by atoms with Gasteiger partial charge in [0.2, 0.25) is 15.9 Å². The zero-order valence-electron chi connectivity index (χ0n) is 16.4. The minimum absolute atomic E-state index is 0.105. The lowest BCUT2D eigenvalue weighted by molar-refractivity contribution is -0.114. The van der Waals surface area contributed by atoms with Crippen LogP contribution >= 0.6 is 11.3 Å². The van der Waals surface area contributed by atoms with Gasteiger partial charge in [-0.3, -0.25) is 9.69 Å². The highest BCUT2D eigenvalue weighted by Gasteiger charge is 2.22. The first kappa shape index (κ1) is 20.9. The quantitative estimate of drug-likeness (QED) is 0.774. The van der Waals surface area contributed by atoms with E-state index in [1.807, 2.05) is 18.3 Å². The van der Waals surface area contributed by atoms with Crippen LogP contribution in [-0.2, 0) is 21.4 Å². The molecule has 1 amide bonds. The molecule has 152 valence electrons. The van der Waals surface area contributed by atoms with Crippen molar-refractivity contribution in [2.45, 2.75) is 37.1 Å². The lowest BCUT2D eigenvalue weighted by atomic mass is 9.89. The maximum atomic E-state index is 12.2. The fourth-order valence-electron chi connectivity index (χ4n) is 3.36. The summed E-state index contributed by atoms with van der Waals surface area (Å²) in [4.78, 5) is 19.2. The van der Waals surface area contributed by atoms with E-state index in [1.54, 1.807) is 26.2 Å². The summed E-state index contributed by atoms with van der Waals surface area (Å²) < 4.78 is 25.6. The zero-order valence-corrected chi connectivity index (χ0v) is 18.0. The first-order chi connectivity index (χ1) is 13.3. The molecule has 0 radical (unpaired) electrons. The molecular weight excluding hydrogens is 396 g/mol. The van der Waals surface area contributed by atoms with Crippen molar-refractivity contribution in [2.24, 2.45) is 0 Å². The van der Waals surface area contributed by atoms with Crippen LogP contribution in [0, 0.1) is 0 Å². The van der Waals surface area contributed by atoms with Crippen LogP contribution in [0.5, 0.6) is 0 Å². The number of hydrogen-bond donors (Lipinski definition) is 1. The fourth-order valence-corrected chi connectivity index (χ4v) is 5.16. The van der Waals surface area contributed by atoms with Crippen molar-refractivity contribution in [1.29, 1.82) is 0 Å². The van der Waals surface area contributed by atoms with E-state index < -0.39 is 10.0 Å². The molecule has 0 unspecified atom stereocenters. The van der Waals surface area contributed by atoms with Crippen molar-refractivity contribution in [2.75, 3.05) is 32.5 Å². The Morgan fingerprint density at radius 2 is 1.89 bits per heavy atom. The number of nitrogens with one attached hydrogen (secondary N) is 1. The summed E-state index contributed by atoms with van der Waals surface area (Å²) in [6.07, 6.45) is 3.90. The zero-order chi connectivity index (χ0) is 20.3. The second-order valence-corrected chi connectivity index (χ2v) is 10.5. The molecule has 1 fully saturated rings. The largest absolute Gasteiger partial charge is 0.302 e. The van der Waals surface area contributed by atoms with Crippen molar-refractivity contribution >= 4 is 32.4 Å². The van der Waals surface area contributed by atoms with E-state index in [0.717, 1.165) is 37.4 Å². The molecule has 28 heavy (non-hydrogen) atoms. The number of thiazole rings is 1. The molecule has 1 aliphatic rings. The van der Waals surface area contributed by atoms with Crippen LogP contribution in [0.2, 0.25) is 0 Å². The molecule has 0 saturated carbocycles. The second kappa shape index (κ2) is 8.69. The van der Waals surface area contributed by atoms with Crippen molar-refractivity contribution in [3.63, 3.8) is 0 Å². The van der Waals surface area contributed by atoms with E-state index in [1.165, 1.54) is 28.1 Å². The molecule has 9 heteroatoms. The second-order valence-electron chi connectivity index (χ2n) is 7.22. The van der Waals surface area contributed by atoms with Gasteiger partial charge in [-0.25, -0.2) is 17.7 Å². The number of carbonyl (C=O) groups is 1. The Kier molecular flexibility index (Phi) is 6.49. The molecule has 0 atom stereocenters. The first-order valence-corrected chi connectivity index (χ1v) is 11.5. The van der Waals surface area contributed by atoms with E-state index >= 15 is 0 Å². The molecule has 1 saturated heterocycles. The summed E-state index contributed by atoms with van der Waals surface area (Å²) in [5.74, 6) is 0.342. The number of nitrogens with zero attached hydrogens (tertiary/aromatic N) is 3. The molecule has 0 aliphatic carbocycles. The van der Waals surface area contributed by atoms with Crippen LogP contribution in [-0.4, -0.2) is 55.7 Å². The van der Waals surface area contributed by atoms with Gasteiger partial charge in [0.05, 0.1) is 4.90 Å². The molecule has 1 aliphatic heterocycles. The summed E-state index contributed by atoms with van der Waals surface area (Å²) >= 11 is 1.51. The Morgan fingerprint density at radius 1 is 1.25 bits per heavy atom. The highest BCUT2D eigenvalue weighted by atomic mass is 32.2. The fraction of sp³-hybridized carbons (Fsp3) is 0.474. The molecule has 1 aromatic carbocycles. The highest BCUT2D eigenvalue weighted by Crippen LogP contribution is 2.30. The number of carbonyl (C=O) groups excluding carboxylic acids is 1. The third-order valence-electron chi connectivity index (χ3n) is 4.93. The van der Waals surface area contributed by atoms with Crippen LogP contribution in [0.3, 0.4) is 0 Å². The number of aromatic nitrogens is 1. The van der Waals surface area contributed by atoms with Crippen molar-refractivity contribution in [3.05, 3.63) is 40.9 Å². The average molecular weight is 423 g/mol. The van der Waals surface area contributed by atoms with Gasteiger partial charge >= 0.3 is 0 Å². The number of piperidine rings is 1. The Bertz CT molecular complexity index is 915. The number of amides is 1. The van der Waals surface area contributed by atoms with Crippen LogP contribution in [0.1, 0.15) is 36.1 Å². The Balaban J connectivity index is 1.55. The Morgan fingerprint density at radius 3 is 2.46 bits per heavy atom. The van der Waals surface area contributed by atoms with Gasteiger partial charge in [0, 0.05) is 38.6 Å². The molecule has 0 spiro atoms. The van der Waals surface area contributed by atoms with Crippen LogP contribution in [0.15, 0.2) is 35.4 Å². The number of hydrogen-bond acceptors (Lipinski definition) is 6. The van der Waals surface area contributed by atoms with Gasteiger partial charge in [-0.1, -0.05) is 12.1 Å². The summed E-state index contributed by atoms with van der Waals surface area (Å²) in [5.41, 5.74) is 1.20. The smallest absolute Gasteiger partial charge is 0.242 e. The van der Waals surface area contributed by atoms with Gasteiger partial charge in [-0.05, 0) is 49.5 Å². The lowest BCUT2D eigenvalue weighted by Crippen LogP contribution is -2.32. The number of benzene rings is 1. The SMILES string of the molecule is CC(=O)Nc1ncc(CN2CCC(c3ccc(S(=O)(=O)N(C)C)cc3)CC2)s1. The molecule has 3 rings (SSSR count). The minimum atomic E-state index is -3.38. The van der Waals surface area contributed by atoms with Crippen LogP contribution in [0.4, 0.5) is 5.13 Å². The topological polar surface area (TPSA) is 82.6 Å². The number of sulfonamides is 1. The first-order valence-electron chi connectivity index (χ1n) is 9.23. The molecule has 1 aromatic heterocycles. The maximum Gasteiger partial charge on any atom is 0.242 e. The number of anilines is 1.